The Kier molecular flexibility index (Phi) is 4.41. The molecule has 0 bridgehead atoms. The molecule has 0 unspecified atom stereocenters. The number of anilines is 1. The van der Waals surface area contributed by atoms with Crippen LogP contribution < -0.4 is 4.90 Å². The van der Waals surface area contributed by atoms with Crippen molar-refractivity contribution in [1.82, 2.24) is 9.88 Å². The lowest BCUT2D eigenvalue weighted by Crippen LogP contribution is -2.43. The standard InChI is InChI=1S/C19H25N3O2/c23-18(21-11-5-1-2-6-12-21)15-9-13-22(14-10-15)19-20-16-7-3-4-8-17(16)24-19/h3-4,7-8,15H,1-2,5-6,9-14H2. The first-order valence-corrected chi connectivity index (χ1v) is 9.20. The molecule has 3 heterocycles. The number of hydrogen-bond donors (Lipinski definition) is 0. The SMILES string of the molecule is O=C(C1CCN(c2nc3ccccc3o2)CC1)N1CCCCCC1. The second kappa shape index (κ2) is 6.83. The van der Waals surface area contributed by atoms with Gasteiger partial charge in [-0.2, -0.15) is 4.98 Å². The predicted octanol–water partition coefficient (Wildman–Crippen LogP) is 3.45. The molecule has 2 saturated heterocycles. The van der Waals surface area contributed by atoms with Crippen LogP contribution in [0.3, 0.4) is 0 Å². The van der Waals surface area contributed by atoms with E-state index >= 15 is 0 Å². The molecule has 2 fully saturated rings. The fourth-order valence-electron chi connectivity index (χ4n) is 3.86. The van der Waals surface area contributed by atoms with Gasteiger partial charge >= 0.3 is 0 Å². The number of piperidine rings is 1. The van der Waals surface area contributed by atoms with Gasteiger partial charge in [-0.15, -0.1) is 0 Å². The van der Waals surface area contributed by atoms with Crippen molar-refractivity contribution in [2.24, 2.45) is 5.92 Å². The van der Waals surface area contributed by atoms with Gasteiger partial charge < -0.3 is 14.2 Å². The molecule has 0 aliphatic carbocycles. The van der Waals surface area contributed by atoms with E-state index in [1.165, 1.54) is 12.8 Å². The Hall–Kier alpha value is -2.04. The van der Waals surface area contributed by atoms with E-state index in [0.717, 1.165) is 63.0 Å². The first-order valence-electron chi connectivity index (χ1n) is 9.20. The van der Waals surface area contributed by atoms with Gasteiger partial charge in [0.2, 0.25) is 5.91 Å². The van der Waals surface area contributed by atoms with E-state index < -0.39 is 0 Å². The van der Waals surface area contributed by atoms with Crippen LogP contribution in [0.4, 0.5) is 6.01 Å². The first kappa shape index (κ1) is 15.5. The molecule has 0 saturated carbocycles. The van der Waals surface area contributed by atoms with Crippen LogP contribution in [-0.4, -0.2) is 42.0 Å². The lowest BCUT2D eigenvalue weighted by Gasteiger charge is -2.33. The van der Waals surface area contributed by atoms with E-state index in [-0.39, 0.29) is 5.92 Å². The quantitative estimate of drug-likeness (QED) is 0.848. The van der Waals surface area contributed by atoms with Crippen LogP contribution in [0.25, 0.3) is 11.1 Å². The minimum atomic E-state index is 0.170. The van der Waals surface area contributed by atoms with Crippen LogP contribution >= 0.6 is 0 Å². The molecule has 24 heavy (non-hydrogen) atoms. The highest BCUT2D eigenvalue weighted by Crippen LogP contribution is 2.27. The molecule has 5 nitrogen and oxygen atoms in total. The summed E-state index contributed by atoms with van der Waals surface area (Å²) in [5, 5.41) is 0. The number of hydrogen-bond acceptors (Lipinski definition) is 4. The fraction of sp³-hybridized carbons (Fsp3) is 0.579. The lowest BCUT2D eigenvalue weighted by atomic mass is 9.95. The van der Waals surface area contributed by atoms with Gasteiger partial charge in [-0.1, -0.05) is 25.0 Å². The van der Waals surface area contributed by atoms with E-state index in [2.05, 4.69) is 14.8 Å². The zero-order valence-corrected chi connectivity index (χ0v) is 14.1. The number of para-hydroxylation sites is 2. The van der Waals surface area contributed by atoms with Gasteiger partial charge in [-0.05, 0) is 37.8 Å². The van der Waals surface area contributed by atoms with Gasteiger partial charge in [-0.25, -0.2) is 0 Å². The van der Waals surface area contributed by atoms with Gasteiger partial charge in [0, 0.05) is 32.1 Å². The van der Waals surface area contributed by atoms with Crippen LogP contribution in [0.1, 0.15) is 38.5 Å². The highest BCUT2D eigenvalue weighted by atomic mass is 16.4. The molecule has 2 aliphatic heterocycles. The summed E-state index contributed by atoms with van der Waals surface area (Å²) >= 11 is 0. The number of carbonyl (C=O) groups is 1. The summed E-state index contributed by atoms with van der Waals surface area (Å²) in [6.07, 6.45) is 6.64. The summed E-state index contributed by atoms with van der Waals surface area (Å²) in [5.41, 5.74) is 1.73. The number of aromatic nitrogens is 1. The Balaban J connectivity index is 1.38. The Morgan fingerprint density at radius 1 is 1.00 bits per heavy atom. The molecule has 1 amide bonds. The average molecular weight is 327 g/mol. The van der Waals surface area contributed by atoms with Crippen LogP contribution in [0, 0.1) is 5.92 Å². The molecule has 5 heteroatoms. The molecule has 0 spiro atoms. The van der Waals surface area contributed by atoms with Crippen molar-refractivity contribution in [3.63, 3.8) is 0 Å². The van der Waals surface area contributed by atoms with Crippen LogP contribution in [0.5, 0.6) is 0 Å². The van der Waals surface area contributed by atoms with Crippen LogP contribution in [0.2, 0.25) is 0 Å². The van der Waals surface area contributed by atoms with E-state index in [1.54, 1.807) is 0 Å². The predicted molar refractivity (Wildman–Crippen MR) is 94.0 cm³/mol. The van der Waals surface area contributed by atoms with Gasteiger partial charge in [-0.3, -0.25) is 4.79 Å². The number of carbonyl (C=O) groups excluding carboxylic acids is 1. The third kappa shape index (κ3) is 3.12. The number of fused-ring (bicyclic) bond motifs is 1. The summed E-state index contributed by atoms with van der Waals surface area (Å²) in [4.78, 5) is 21.6. The van der Waals surface area contributed by atoms with Gasteiger partial charge in [0.25, 0.3) is 6.01 Å². The molecule has 2 aliphatic rings. The summed E-state index contributed by atoms with van der Waals surface area (Å²) < 4.78 is 5.86. The Labute approximate surface area is 142 Å². The molecule has 4 rings (SSSR count). The fourth-order valence-corrected chi connectivity index (χ4v) is 3.86. The molecule has 0 radical (unpaired) electrons. The normalized spacial score (nSPS) is 20.3. The molecule has 128 valence electrons. The largest absolute Gasteiger partial charge is 0.423 e. The molecule has 1 aromatic carbocycles. The van der Waals surface area contributed by atoms with E-state index in [9.17, 15) is 4.79 Å². The molecule has 0 atom stereocenters. The van der Waals surface area contributed by atoms with Crippen LogP contribution in [0.15, 0.2) is 28.7 Å². The Morgan fingerprint density at radius 3 is 2.42 bits per heavy atom. The maximum atomic E-state index is 12.8. The average Bonchev–Trinajstić information content (AvgIpc) is 2.87. The van der Waals surface area contributed by atoms with Crippen molar-refractivity contribution in [2.75, 3.05) is 31.1 Å². The van der Waals surface area contributed by atoms with E-state index in [1.807, 2.05) is 24.3 Å². The minimum Gasteiger partial charge on any atom is -0.423 e. The number of amides is 1. The Morgan fingerprint density at radius 2 is 1.71 bits per heavy atom. The zero-order chi connectivity index (χ0) is 16.4. The summed E-state index contributed by atoms with van der Waals surface area (Å²) in [6.45, 7) is 3.59. The van der Waals surface area contributed by atoms with Gasteiger partial charge in [0.15, 0.2) is 5.58 Å². The third-order valence-electron chi connectivity index (χ3n) is 5.32. The molecule has 0 N–H and O–H groups in total. The second-order valence-corrected chi connectivity index (χ2v) is 6.96. The van der Waals surface area contributed by atoms with Crippen molar-refractivity contribution in [2.45, 2.75) is 38.5 Å². The van der Waals surface area contributed by atoms with Crippen LogP contribution in [-0.2, 0) is 4.79 Å². The molecular weight excluding hydrogens is 302 g/mol. The van der Waals surface area contributed by atoms with Crippen molar-refractivity contribution in [3.05, 3.63) is 24.3 Å². The number of benzene rings is 1. The van der Waals surface area contributed by atoms with Crippen molar-refractivity contribution < 1.29 is 9.21 Å². The smallest absolute Gasteiger partial charge is 0.298 e. The number of rotatable bonds is 2. The Bertz CT molecular complexity index is 662. The van der Waals surface area contributed by atoms with Gasteiger partial charge in [0.05, 0.1) is 0 Å². The third-order valence-corrected chi connectivity index (χ3v) is 5.32. The minimum absolute atomic E-state index is 0.170. The highest BCUT2D eigenvalue weighted by Gasteiger charge is 2.30. The van der Waals surface area contributed by atoms with Gasteiger partial charge in [0.1, 0.15) is 5.52 Å². The van der Waals surface area contributed by atoms with E-state index in [0.29, 0.717) is 11.9 Å². The molecule has 2 aromatic rings. The van der Waals surface area contributed by atoms with Crippen molar-refractivity contribution in [1.29, 1.82) is 0 Å². The number of nitrogens with zero attached hydrogens (tertiary/aromatic N) is 3. The zero-order valence-electron chi connectivity index (χ0n) is 14.1. The summed E-state index contributed by atoms with van der Waals surface area (Å²) in [5.74, 6) is 0.540. The number of likely N-dealkylation sites (tertiary alicyclic amines) is 1. The monoisotopic (exact) mass is 327 g/mol. The van der Waals surface area contributed by atoms with Crippen molar-refractivity contribution in [3.8, 4) is 0 Å². The summed E-state index contributed by atoms with van der Waals surface area (Å²) in [6, 6.07) is 8.54. The second-order valence-electron chi connectivity index (χ2n) is 6.96. The maximum absolute atomic E-state index is 12.8. The highest BCUT2D eigenvalue weighted by molar-refractivity contribution is 5.79. The number of oxazole rings is 1. The summed E-state index contributed by atoms with van der Waals surface area (Å²) in [7, 11) is 0. The molecule has 1 aromatic heterocycles. The lowest BCUT2D eigenvalue weighted by molar-refractivity contribution is -0.136. The van der Waals surface area contributed by atoms with Crippen molar-refractivity contribution >= 4 is 23.0 Å². The van der Waals surface area contributed by atoms with E-state index in [4.69, 9.17) is 4.42 Å². The topological polar surface area (TPSA) is 49.6 Å². The first-order chi connectivity index (χ1) is 11.8. The maximum Gasteiger partial charge on any atom is 0.298 e. The molecular formula is C19H25N3O2.